The summed E-state index contributed by atoms with van der Waals surface area (Å²) < 4.78 is 30.0. The zero-order valence-electron chi connectivity index (χ0n) is 43.6. The molecule has 0 saturated carbocycles. The summed E-state index contributed by atoms with van der Waals surface area (Å²) >= 11 is 8.03. The molecule has 2 aliphatic heterocycles. The van der Waals surface area contributed by atoms with Crippen LogP contribution in [-0.2, 0) is 39.8 Å². The second-order valence-corrected chi connectivity index (χ2v) is 24.4. The van der Waals surface area contributed by atoms with Crippen LogP contribution in [0.3, 0.4) is 0 Å². The van der Waals surface area contributed by atoms with Crippen molar-refractivity contribution in [3.05, 3.63) is 94.7 Å². The van der Waals surface area contributed by atoms with Crippen molar-refractivity contribution < 1.29 is 43.1 Å². The fraction of sp³-hybridized carbons (Fsp3) is 0.453. The summed E-state index contributed by atoms with van der Waals surface area (Å²) in [6.07, 6.45) is 0.904. The zero-order chi connectivity index (χ0) is 53.9. The quantitative estimate of drug-likeness (QED) is 0.0364. The molecule has 2 fully saturated rings. The number of thiazole rings is 1. The third-order valence-electron chi connectivity index (χ3n) is 12.9. The van der Waals surface area contributed by atoms with E-state index in [4.69, 9.17) is 25.8 Å². The molecule has 4 heterocycles. The van der Waals surface area contributed by atoms with Crippen LogP contribution < -0.4 is 36.2 Å². The summed E-state index contributed by atoms with van der Waals surface area (Å²) in [6.45, 7) is 14.2. The van der Waals surface area contributed by atoms with Crippen molar-refractivity contribution in [3.63, 3.8) is 0 Å². The molecule has 402 valence electrons. The van der Waals surface area contributed by atoms with Gasteiger partial charge in [-0.2, -0.15) is 4.98 Å². The molecule has 0 radical (unpaired) electrons. The molecule has 5 aromatic rings. The molecule has 75 heavy (non-hydrogen) atoms. The van der Waals surface area contributed by atoms with E-state index >= 15 is 0 Å². The van der Waals surface area contributed by atoms with Gasteiger partial charge in [0.1, 0.15) is 30.0 Å². The van der Waals surface area contributed by atoms with Gasteiger partial charge in [-0.1, -0.05) is 68.8 Å². The molecular formula is C53H68ClN10O9PS. The van der Waals surface area contributed by atoms with Crippen molar-refractivity contribution in [1.29, 1.82) is 0 Å². The van der Waals surface area contributed by atoms with Gasteiger partial charge in [0.2, 0.25) is 29.6 Å². The summed E-state index contributed by atoms with van der Waals surface area (Å²) in [5.41, 5.74) is 6.22. The van der Waals surface area contributed by atoms with Crippen molar-refractivity contribution in [1.82, 2.24) is 35.4 Å². The topological polar surface area (TPSA) is 230 Å². The molecule has 0 spiro atoms. The minimum Gasteiger partial charge on any atom is -0.494 e. The number of hydrogen-bond acceptors (Lipinski definition) is 16. The monoisotopic (exact) mass is 1090 g/mol. The number of likely N-dealkylation sites (tertiary alicyclic amines) is 1. The minimum absolute atomic E-state index is 0.00872. The van der Waals surface area contributed by atoms with Crippen molar-refractivity contribution in [2.75, 3.05) is 95.1 Å². The first-order valence-corrected chi connectivity index (χ1v) is 28.8. The highest BCUT2D eigenvalue weighted by Gasteiger charge is 2.44. The minimum atomic E-state index is -2.58. The van der Waals surface area contributed by atoms with Crippen LogP contribution in [0.4, 0.5) is 28.8 Å². The Labute approximate surface area is 447 Å². The highest BCUT2D eigenvalue weighted by atomic mass is 35.5. The molecule has 3 aromatic carbocycles. The molecular weight excluding hydrogens is 1020 g/mol. The first kappa shape index (κ1) is 56.6. The third-order valence-corrected chi connectivity index (χ3v) is 15.7. The molecule has 5 N–H and O–H groups in total. The lowest BCUT2D eigenvalue weighted by atomic mass is 9.85. The summed E-state index contributed by atoms with van der Waals surface area (Å²) in [6, 6.07) is 19.1. The number of methoxy groups -OCH3 is 1. The lowest BCUT2D eigenvalue weighted by Gasteiger charge is -2.36. The summed E-state index contributed by atoms with van der Waals surface area (Å²) in [5.74, 6) is -0.00476. The molecule has 0 bridgehead atoms. The number of carbonyl (C=O) groups excluding carboxylic acids is 4. The van der Waals surface area contributed by atoms with Crippen LogP contribution in [-0.4, -0.2) is 151 Å². The van der Waals surface area contributed by atoms with Gasteiger partial charge in [0.05, 0.1) is 79.7 Å². The number of amides is 4. The number of ether oxygens (including phenoxy) is 3. The number of piperazine rings is 1. The molecule has 0 aliphatic carbocycles. The maximum absolute atomic E-state index is 14.0. The Morgan fingerprint density at radius 3 is 2.28 bits per heavy atom. The van der Waals surface area contributed by atoms with Crippen molar-refractivity contribution in [3.8, 4) is 16.2 Å². The van der Waals surface area contributed by atoms with E-state index in [1.54, 1.807) is 31.8 Å². The predicted molar refractivity (Wildman–Crippen MR) is 293 cm³/mol. The molecule has 4 amide bonds. The maximum atomic E-state index is 14.0. The van der Waals surface area contributed by atoms with E-state index in [1.165, 1.54) is 11.1 Å². The number of aliphatic hydroxyl groups excluding tert-OH is 1. The molecule has 22 heteroatoms. The van der Waals surface area contributed by atoms with Crippen LogP contribution in [0.25, 0.3) is 10.4 Å². The van der Waals surface area contributed by atoms with E-state index in [-0.39, 0.29) is 82.4 Å². The summed E-state index contributed by atoms with van der Waals surface area (Å²) in [5, 5.41) is 23.8. The van der Waals surface area contributed by atoms with E-state index in [1.807, 2.05) is 105 Å². The number of nitrogens with zero attached hydrogens (tertiary/aromatic N) is 6. The van der Waals surface area contributed by atoms with Crippen molar-refractivity contribution in [2.24, 2.45) is 5.41 Å². The number of aliphatic hydroxyl groups is 1. The van der Waals surface area contributed by atoms with Crippen LogP contribution in [0.2, 0.25) is 5.02 Å². The largest absolute Gasteiger partial charge is 0.494 e. The number of anilines is 5. The third kappa shape index (κ3) is 15.3. The lowest BCUT2D eigenvalue weighted by Crippen LogP contribution is -2.57. The molecule has 3 unspecified atom stereocenters. The van der Waals surface area contributed by atoms with Gasteiger partial charge in [-0.3, -0.25) is 19.2 Å². The molecule has 2 saturated heterocycles. The van der Waals surface area contributed by atoms with E-state index in [0.717, 1.165) is 27.4 Å². The number of halogens is 1. The number of nitrogens with one attached hydrogen (secondary N) is 4. The Hall–Kier alpha value is -6.15. The molecule has 3 atom stereocenters. The van der Waals surface area contributed by atoms with Crippen LogP contribution in [0.15, 0.2) is 78.4 Å². The fourth-order valence-corrected chi connectivity index (χ4v) is 10.9. The Bertz CT molecular complexity index is 2840. The molecule has 7 rings (SSSR count). The first-order valence-electron chi connectivity index (χ1n) is 24.9. The Morgan fingerprint density at radius 2 is 1.61 bits per heavy atom. The zero-order valence-corrected chi connectivity index (χ0v) is 46.0. The number of aryl methyl sites for hydroxylation is 1. The second kappa shape index (κ2) is 25.6. The molecule has 2 aromatic heterocycles. The number of rotatable bonds is 22. The average molecular weight is 1090 g/mol. The number of carbonyl (C=O) groups is 4. The van der Waals surface area contributed by atoms with Crippen LogP contribution in [0.1, 0.15) is 51.3 Å². The normalized spacial score (nSPS) is 16.4. The average Bonchev–Trinajstić information content (AvgIpc) is 4.01. The second-order valence-electron chi connectivity index (χ2n) is 19.9. The number of hydrogen-bond donors (Lipinski definition) is 5. The first-order chi connectivity index (χ1) is 35.8. The molecule has 2 aliphatic rings. The van der Waals surface area contributed by atoms with Crippen LogP contribution in [0, 0.1) is 12.3 Å². The van der Waals surface area contributed by atoms with Gasteiger partial charge in [-0.05, 0) is 61.1 Å². The van der Waals surface area contributed by atoms with Crippen molar-refractivity contribution >= 4 is 87.8 Å². The van der Waals surface area contributed by atoms with E-state index < -0.39 is 36.7 Å². The van der Waals surface area contributed by atoms with Gasteiger partial charge in [0.25, 0.3) is 0 Å². The van der Waals surface area contributed by atoms with E-state index in [9.17, 15) is 28.8 Å². The Morgan fingerprint density at radius 1 is 0.907 bits per heavy atom. The smallest absolute Gasteiger partial charge is 0.246 e. The standard InChI is InChI=1S/C53H68ClN10O9PS/c1-34-47(75-33-57-34)36-14-12-35(13-15-36)30-55-50(68)42-29-38(65)32-64(42)51(69)48(53(2,3)4)60-45(66)18-24-72-26-27-73-25-19-46(67)63-22-20-62(21-23-63)37-16-17-40(43(28-37)71-5)59-52-56-31-39(54)49(61-52)58-41-10-8-9-11-44(41)74(6,7)70/h8-17,28,31,33,38,42,48,65H,18-27,29-30,32H2,1-7H3,(H,55,68)(H,60,66)(H2,56,58,59,61). The van der Waals surface area contributed by atoms with E-state index in [0.29, 0.717) is 59.4 Å². The van der Waals surface area contributed by atoms with Gasteiger partial charge in [0.15, 0.2) is 5.82 Å². The van der Waals surface area contributed by atoms with Crippen LogP contribution >= 0.6 is 30.1 Å². The Balaban J connectivity index is 0.786. The predicted octanol–water partition coefficient (Wildman–Crippen LogP) is 6.58. The SMILES string of the molecule is COc1cc(N2CCN(C(=O)CCOCCOCCC(=O)NC(C(=O)N3CC(O)CC3C(=O)NCc3ccc(-c4scnc4C)cc3)C(C)(C)C)CC2)ccc1Nc1ncc(Cl)c(Nc2ccccc2P(C)(C)=O)n1. The summed E-state index contributed by atoms with van der Waals surface area (Å²) in [7, 11) is -1.00. The van der Waals surface area contributed by atoms with Gasteiger partial charge in [-0.25, -0.2) is 9.97 Å². The van der Waals surface area contributed by atoms with Gasteiger partial charge >= 0.3 is 0 Å². The Kier molecular flexibility index (Phi) is 19.3. The number of β-amino-alcohol motifs (C(OH)–C–C–N with tert-alkyl or cyclic N) is 1. The lowest BCUT2D eigenvalue weighted by molar-refractivity contribution is -0.144. The van der Waals surface area contributed by atoms with Gasteiger partial charge in [0, 0.05) is 69.2 Å². The highest BCUT2D eigenvalue weighted by molar-refractivity contribution is 7.70. The van der Waals surface area contributed by atoms with E-state index in [2.05, 4.69) is 41.1 Å². The van der Waals surface area contributed by atoms with Gasteiger partial charge < -0.3 is 59.8 Å². The fourth-order valence-electron chi connectivity index (χ4n) is 8.82. The molecule has 19 nitrogen and oxygen atoms in total. The maximum Gasteiger partial charge on any atom is 0.246 e. The van der Waals surface area contributed by atoms with Crippen LogP contribution in [0.5, 0.6) is 5.75 Å². The van der Waals surface area contributed by atoms with Gasteiger partial charge in [-0.15, -0.1) is 11.3 Å². The number of aromatic nitrogens is 3. The van der Waals surface area contributed by atoms with Crippen molar-refractivity contribution in [2.45, 2.75) is 71.7 Å². The number of benzene rings is 3. The highest BCUT2D eigenvalue weighted by Crippen LogP contribution is 2.39. The number of para-hydroxylation sites is 1. The summed E-state index contributed by atoms with van der Waals surface area (Å²) in [4.78, 5) is 73.4.